The number of aryl methyl sites for hydroxylation is 1. The van der Waals surface area contributed by atoms with Crippen molar-refractivity contribution < 1.29 is 9.59 Å². The first-order valence-corrected chi connectivity index (χ1v) is 8.19. The molecule has 2 amide bonds. The number of halogens is 1. The van der Waals surface area contributed by atoms with Crippen molar-refractivity contribution in [3.8, 4) is 0 Å². The number of nitrogens with zero attached hydrogens (tertiary/aromatic N) is 1. The highest BCUT2D eigenvalue weighted by atomic mass is 35.5. The van der Waals surface area contributed by atoms with Crippen LogP contribution in [0.5, 0.6) is 0 Å². The smallest absolute Gasteiger partial charge is 0.251 e. The Balaban J connectivity index is 0.00000208. The van der Waals surface area contributed by atoms with Gasteiger partial charge in [-0.25, -0.2) is 5.84 Å². The van der Waals surface area contributed by atoms with E-state index in [0.717, 1.165) is 35.3 Å². The number of anilines is 1. The fraction of sp³-hybridized carbons (Fsp3) is 0.529. The van der Waals surface area contributed by atoms with Crippen molar-refractivity contribution in [2.45, 2.75) is 39.0 Å². The van der Waals surface area contributed by atoms with Gasteiger partial charge in [-0.1, -0.05) is 6.07 Å². The molecule has 7 heteroatoms. The Morgan fingerprint density at radius 3 is 2.67 bits per heavy atom. The summed E-state index contributed by atoms with van der Waals surface area (Å²) in [4.78, 5) is 26.7. The molecule has 0 spiro atoms. The molecule has 2 aliphatic heterocycles. The number of benzene rings is 1. The van der Waals surface area contributed by atoms with Crippen LogP contribution < -0.4 is 16.6 Å². The zero-order chi connectivity index (χ0) is 16.6. The Bertz CT molecular complexity index is 656. The van der Waals surface area contributed by atoms with E-state index in [1.165, 1.54) is 31.5 Å². The first-order chi connectivity index (χ1) is 11.0. The summed E-state index contributed by atoms with van der Waals surface area (Å²) in [6, 6.07) is 2.13. The molecule has 0 bridgehead atoms. The summed E-state index contributed by atoms with van der Waals surface area (Å²) in [5.74, 6) is 3.65. The fourth-order valence-electron chi connectivity index (χ4n) is 3.75. The molecule has 2 heterocycles. The lowest BCUT2D eigenvalue weighted by molar-refractivity contribution is -0.128. The molecule has 0 aromatic heterocycles. The second kappa shape index (κ2) is 7.51. The molecular formula is C17H25ClN4O2. The van der Waals surface area contributed by atoms with E-state index < -0.39 is 11.8 Å². The summed E-state index contributed by atoms with van der Waals surface area (Å²) in [6.07, 6.45) is 3.49. The molecule has 24 heavy (non-hydrogen) atoms. The Kier molecular flexibility index (Phi) is 5.85. The highest BCUT2D eigenvalue weighted by molar-refractivity contribution is 6.17. The first-order valence-electron chi connectivity index (χ1n) is 8.19. The minimum atomic E-state index is -0.847. The summed E-state index contributed by atoms with van der Waals surface area (Å²) in [5, 5.41) is 2.83. The van der Waals surface area contributed by atoms with Gasteiger partial charge in [-0.15, -0.1) is 12.4 Å². The number of hydrogen-bond donors (Lipinski definition) is 3. The maximum Gasteiger partial charge on any atom is 0.251 e. The fourth-order valence-corrected chi connectivity index (χ4v) is 3.75. The van der Waals surface area contributed by atoms with Crippen LogP contribution in [0.3, 0.4) is 0 Å². The minimum Gasteiger partial charge on any atom is -0.325 e. The molecule has 0 aliphatic carbocycles. The van der Waals surface area contributed by atoms with Crippen LogP contribution in [0.25, 0.3) is 0 Å². The van der Waals surface area contributed by atoms with Crippen LogP contribution in [0.2, 0.25) is 0 Å². The van der Waals surface area contributed by atoms with Crippen molar-refractivity contribution >= 4 is 29.9 Å². The number of fused-ring (bicyclic) bond motifs is 1. The lowest BCUT2D eigenvalue weighted by atomic mass is 9.89. The molecule has 1 atom stereocenters. The van der Waals surface area contributed by atoms with Crippen LogP contribution in [0, 0.1) is 13.8 Å². The van der Waals surface area contributed by atoms with Crippen molar-refractivity contribution in [3.05, 3.63) is 28.3 Å². The van der Waals surface area contributed by atoms with E-state index in [2.05, 4.69) is 21.7 Å². The lowest BCUT2D eigenvalue weighted by Crippen LogP contribution is -2.37. The van der Waals surface area contributed by atoms with Gasteiger partial charge >= 0.3 is 0 Å². The molecule has 4 N–H and O–H groups in total. The number of carbonyl (C=O) groups is 2. The molecule has 0 radical (unpaired) electrons. The molecule has 1 aromatic rings. The molecule has 1 aromatic carbocycles. The highest BCUT2D eigenvalue weighted by Crippen LogP contribution is 2.39. The molecule has 6 nitrogen and oxygen atoms in total. The molecule has 132 valence electrons. The Labute approximate surface area is 148 Å². The van der Waals surface area contributed by atoms with E-state index in [1.54, 1.807) is 0 Å². The number of hydrazine groups is 1. The average Bonchev–Trinajstić information content (AvgIpc) is 3.16. The van der Waals surface area contributed by atoms with E-state index in [9.17, 15) is 9.59 Å². The van der Waals surface area contributed by atoms with Crippen LogP contribution in [-0.4, -0.2) is 36.3 Å². The van der Waals surface area contributed by atoms with Crippen LogP contribution in [0.1, 0.15) is 41.0 Å². The van der Waals surface area contributed by atoms with Crippen molar-refractivity contribution in [1.29, 1.82) is 0 Å². The largest absolute Gasteiger partial charge is 0.325 e. The van der Waals surface area contributed by atoms with Gasteiger partial charge in [-0.05, 0) is 62.9 Å². The maximum atomic E-state index is 12.2. The van der Waals surface area contributed by atoms with E-state index in [-0.39, 0.29) is 18.3 Å². The molecule has 1 unspecified atom stereocenters. The van der Waals surface area contributed by atoms with Gasteiger partial charge in [0.2, 0.25) is 5.91 Å². The zero-order valence-corrected chi connectivity index (χ0v) is 15.0. The van der Waals surface area contributed by atoms with E-state index in [1.807, 2.05) is 13.8 Å². The predicted molar refractivity (Wildman–Crippen MR) is 96.2 cm³/mol. The van der Waals surface area contributed by atoms with Crippen molar-refractivity contribution in [2.75, 3.05) is 25.0 Å². The van der Waals surface area contributed by atoms with E-state index >= 15 is 0 Å². The first kappa shape index (κ1) is 18.7. The third-order valence-corrected chi connectivity index (χ3v) is 5.04. The highest BCUT2D eigenvalue weighted by Gasteiger charge is 2.38. The number of likely N-dealkylation sites (tertiary alicyclic amines) is 1. The van der Waals surface area contributed by atoms with Crippen LogP contribution in [-0.2, 0) is 16.0 Å². The number of hydrogen-bond acceptors (Lipinski definition) is 4. The number of nitrogens with one attached hydrogen (secondary N) is 2. The normalized spacial score (nSPS) is 19.6. The van der Waals surface area contributed by atoms with Crippen molar-refractivity contribution in [3.63, 3.8) is 0 Å². The van der Waals surface area contributed by atoms with Gasteiger partial charge in [-0.2, -0.15) is 0 Å². The van der Waals surface area contributed by atoms with Crippen molar-refractivity contribution in [1.82, 2.24) is 10.3 Å². The van der Waals surface area contributed by atoms with E-state index in [4.69, 9.17) is 5.84 Å². The van der Waals surface area contributed by atoms with Gasteiger partial charge in [0.05, 0.1) is 0 Å². The summed E-state index contributed by atoms with van der Waals surface area (Å²) in [5.41, 5.74) is 6.90. The third-order valence-electron chi connectivity index (χ3n) is 5.04. The van der Waals surface area contributed by atoms with Crippen LogP contribution in [0.4, 0.5) is 5.69 Å². The topological polar surface area (TPSA) is 87.5 Å². The molecule has 0 saturated carbocycles. The molecular weight excluding hydrogens is 328 g/mol. The Morgan fingerprint density at radius 2 is 2.04 bits per heavy atom. The molecule has 2 aliphatic rings. The number of amides is 2. The van der Waals surface area contributed by atoms with Gasteiger partial charge < -0.3 is 10.2 Å². The maximum absolute atomic E-state index is 12.2. The second-order valence-corrected chi connectivity index (χ2v) is 6.50. The quantitative estimate of drug-likeness (QED) is 0.331. The summed E-state index contributed by atoms with van der Waals surface area (Å²) >= 11 is 0. The Morgan fingerprint density at radius 1 is 1.38 bits per heavy atom. The minimum absolute atomic E-state index is 0. The van der Waals surface area contributed by atoms with Gasteiger partial charge in [0, 0.05) is 17.8 Å². The molecule has 1 saturated heterocycles. The number of nitrogens with two attached hydrogens (primary N) is 1. The number of carbonyl (C=O) groups excluding carboxylic acids is 2. The predicted octanol–water partition coefficient (Wildman–Crippen LogP) is 1.39. The monoisotopic (exact) mass is 352 g/mol. The SMILES string of the molecule is Cc1cc(CCN2CCCC2)c(C)c2c1NC(=O)C2C(=O)NN.Cl. The van der Waals surface area contributed by atoms with Gasteiger partial charge in [-0.3, -0.25) is 15.0 Å². The van der Waals surface area contributed by atoms with Crippen LogP contribution in [0.15, 0.2) is 6.07 Å². The van der Waals surface area contributed by atoms with Gasteiger partial charge in [0.1, 0.15) is 5.92 Å². The number of rotatable bonds is 4. The molecule has 3 rings (SSSR count). The summed E-state index contributed by atoms with van der Waals surface area (Å²) in [6.45, 7) is 7.33. The summed E-state index contributed by atoms with van der Waals surface area (Å²) in [7, 11) is 0. The van der Waals surface area contributed by atoms with Crippen molar-refractivity contribution in [2.24, 2.45) is 5.84 Å². The average molecular weight is 353 g/mol. The van der Waals surface area contributed by atoms with Gasteiger partial charge in [0.25, 0.3) is 5.91 Å². The van der Waals surface area contributed by atoms with Gasteiger partial charge in [0.15, 0.2) is 0 Å². The summed E-state index contributed by atoms with van der Waals surface area (Å²) < 4.78 is 0. The lowest BCUT2D eigenvalue weighted by Gasteiger charge is -2.19. The van der Waals surface area contributed by atoms with Crippen LogP contribution >= 0.6 is 12.4 Å². The standard InChI is InChI=1S/C17H24N4O2.ClH/c1-10-9-12(5-8-21-6-3-4-7-21)11(2)13-14(17(23)20-18)16(22)19-15(10)13;/h9,14H,3-8,18H2,1-2H3,(H,19,22)(H,20,23);1H. The second-order valence-electron chi connectivity index (χ2n) is 6.50. The Hall–Kier alpha value is -1.63. The third kappa shape index (κ3) is 3.27. The molecule has 1 fully saturated rings. The van der Waals surface area contributed by atoms with E-state index in [0.29, 0.717) is 0 Å². The zero-order valence-electron chi connectivity index (χ0n) is 14.1.